The third-order valence-electron chi connectivity index (χ3n) is 2.15. The van der Waals surface area contributed by atoms with Crippen molar-refractivity contribution in [3.8, 4) is 0 Å². The normalized spacial score (nSPS) is 11.0. The molecule has 1 rings (SSSR count). The molecule has 0 unspecified atom stereocenters. The minimum atomic E-state index is -3.57. The molecule has 18 heavy (non-hydrogen) atoms. The standard InChI is InChI=1S/C12H15NO4S/c1-9(2)8-13-18(15,16)11-6-4-10(5-7-11)12(14)17-3/h4-7,13H,1,8H2,2-3H3. The lowest BCUT2D eigenvalue weighted by molar-refractivity contribution is 0.0600. The van der Waals surface area contributed by atoms with Crippen molar-refractivity contribution in [1.82, 2.24) is 4.72 Å². The summed E-state index contributed by atoms with van der Waals surface area (Å²) in [5.74, 6) is -0.506. The van der Waals surface area contributed by atoms with Gasteiger partial charge in [-0.15, -0.1) is 0 Å². The van der Waals surface area contributed by atoms with E-state index in [4.69, 9.17) is 0 Å². The fourth-order valence-electron chi connectivity index (χ4n) is 1.19. The number of methoxy groups -OCH3 is 1. The molecule has 98 valence electrons. The van der Waals surface area contributed by atoms with Crippen LogP contribution in [0.1, 0.15) is 17.3 Å². The van der Waals surface area contributed by atoms with E-state index in [-0.39, 0.29) is 11.4 Å². The van der Waals surface area contributed by atoms with E-state index in [0.717, 1.165) is 0 Å². The van der Waals surface area contributed by atoms with E-state index < -0.39 is 16.0 Å². The number of sulfonamides is 1. The van der Waals surface area contributed by atoms with Gasteiger partial charge in [0.15, 0.2) is 0 Å². The summed E-state index contributed by atoms with van der Waals surface area (Å²) < 4.78 is 30.6. The largest absolute Gasteiger partial charge is 0.465 e. The molecule has 0 aromatic heterocycles. The lowest BCUT2D eigenvalue weighted by Crippen LogP contribution is -2.25. The lowest BCUT2D eigenvalue weighted by Gasteiger charge is -2.07. The number of carbonyl (C=O) groups excluding carboxylic acids is 1. The van der Waals surface area contributed by atoms with Gasteiger partial charge in [-0.3, -0.25) is 0 Å². The molecule has 1 N–H and O–H groups in total. The monoisotopic (exact) mass is 269 g/mol. The molecule has 0 heterocycles. The SMILES string of the molecule is C=C(C)CNS(=O)(=O)c1ccc(C(=O)OC)cc1. The van der Waals surface area contributed by atoms with E-state index in [1.807, 2.05) is 0 Å². The second-order valence-electron chi connectivity index (χ2n) is 3.80. The van der Waals surface area contributed by atoms with Gasteiger partial charge in [0.2, 0.25) is 10.0 Å². The van der Waals surface area contributed by atoms with Crippen LogP contribution in [-0.2, 0) is 14.8 Å². The molecule has 0 saturated carbocycles. The van der Waals surface area contributed by atoms with Crippen LogP contribution in [0.15, 0.2) is 41.3 Å². The Morgan fingerprint density at radius 2 is 1.89 bits per heavy atom. The Morgan fingerprint density at radius 1 is 1.33 bits per heavy atom. The van der Waals surface area contributed by atoms with Crippen molar-refractivity contribution in [3.05, 3.63) is 42.0 Å². The zero-order valence-electron chi connectivity index (χ0n) is 10.3. The quantitative estimate of drug-likeness (QED) is 0.646. The Balaban J connectivity index is 2.91. The van der Waals surface area contributed by atoms with E-state index in [1.54, 1.807) is 6.92 Å². The molecule has 6 heteroatoms. The minimum absolute atomic E-state index is 0.0939. The molecule has 0 amide bonds. The second kappa shape index (κ2) is 5.79. The maximum atomic E-state index is 11.8. The summed E-state index contributed by atoms with van der Waals surface area (Å²) in [7, 11) is -2.30. The molecule has 1 aromatic carbocycles. The maximum Gasteiger partial charge on any atom is 0.337 e. The highest BCUT2D eigenvalue weighted by Gasteiger charge is 2.14. The van der Waals surface area contributed by atoms with Gasteiger partial charge < -0.3 is 4.74 Å². The number of esters is 1. The molecule has 0 atom stereocenters. The molecule has 0 aliphatic rings. The number of hydrogen-bond acceptors (Lipinski definition) is 4. The lowest BCUT2D eigenvalue weighted by atomic mass is 10.2. The van der Waals surface area contributed by atoms with Gasteiger partial charge in [-0.05, 0) is 31.2 Å². The van der Waals surface area contributed by atoms with Gasteiger partial charge in [-0.25, -0.2) is 17.9 Å². The van der Waals surface area contributed by atoms with Gasteiger partial charge >= 0.3 is 5.97 Å². The summed E-state index contributed by atoms with van der Waals surface area (Å²) in [5, 5.41) is 0. The number of benzene rings is 1. The fourth-order valence-corrected chi connectivity index (χ4v) is 2.29. The van der Waals surface area contributed by atoms with Gasteiger partial charge in [-0.1, -0.05) is 12.2 Å². The van der Waals surface area contributed by atoms with Crippen LogP contribution >= 0.6 is 0 Å². The van der Waals surface area contributed by atoms with Crippen molar-refractivity contribution < 1.29 is 17.9 Å². The zero-order valence-corrected chi connectivity index (χ0v) is 11.1. The first-order valence-electron chi connectivity index (χ1n) is 5.19. The van der Waals surface area contributed by atoms with Crippen LogP contribution in [-0.4, -0.2) is 28.0 Å². The highest BCUT2D eigenvalue weighted by Crippen LogP contribution is 2.11. The third kappa shape index (κ3) is 3.68. The summed E-state index contributed by atoms with van der Waals surface area (Å²) in [6.07, 6.45) is 0. The topological polar surface area (TPSA) is 72.5 Å². The minimum Gasteiger partial charge on any atom is -0.465 e. The summed E-state index contributed by atoms with van der Waals surface area (Å²) in [5.41, 5.74) is 1.01. The van der Waals surface area contributed by atoms with E-state index in [9.17, 15) is 13.2 Å². The molecular formula is C12H15NO4S. The van der Waals surface area contributed by atoms with Crippen molar-refractivity contribution in [2.24, 2.45) is 0 Å². The number of carbonyl (C=O) groups is 1. The first kappa shape index (κ1) is 14.4. The van der Waals surface area contributed by atoms with Crippen LogP contribution in [0.4, 0.5) is 0 Å². The Kier molecular flexibility index (Phi) is 4.63. The number of hydrogen-bond donors (Lipinski definition) is 1. The number of ether oxygens (including phenoxy) is 1. The first-order valence-corrected chi connectivity index (χ1v) is 6.67. The summed E-state index contributed by atoms with van der Waals surface area (Å²) in [4.78, 5) is 11.3. The molecule has 0 saturated heterocycles. The Labute approximate surface area is 107 Å². The van der Waals surface area contributed by atoms with Gasteiger partial charge in [0.05, 0.1) is 17.6 Å². The van der Waals surface area contributed by atoms with Crippen LogP contribution < -0.4 is 4.72 Å². The smallest absolute Gasteiger partial charge is 0.337 e. The average molecular weight is 269 g/mol. The maximum absolute atomic E-state index is 11.8. The van der Waals surface area contributed by atoms with E-state index in [0.29, 0.717) is 11.1 Å². The Bertz CT molecular complexity index is 546. The van der Waals surface area contributed by atoms with Crippen molar-refractivity contribution in [2.45, 2.75) is 11.8 Å². The molecule has 1 aromatic rings. The van der Waals surface area contributed by atoms with E-state index in [1.165, 1.54) is 31.4 Å². The molecule has 0 aliphatic heterocycles. The number of nitrogens with one attached hydrogen (secondary N) is 1. The van der Waals surface area contributed by atoms with Crippen LogP contribution in [0.5, 0.6) is 0 Å². The van der Waals surface area contributed by atoms with Crippen LogP contribution in [0.2, 0.25) is 0 Å². The highest BCUT2D eigenvalue weighted by atomic mass is 32.2. The predicted molar refractivity (Wildman–Crippen MR) is 67.8 cm³/mol. The van der Waals surface area contributed by atoms with Crippen molar-refractivity contribution >= 4 is 16.0 Å². The molecule has 0 fully saturated rings. The highest BCUT2D eigenvalue weighted by molar-refractivity contribution is 7.89. The predicted octanol–water partition coefficient (Wildman–Crippen LogP) is 1.33. The fraction of sp³-hybridized carbons (Fsp3) is 0.250. The van der Waals surface area contributed by atoms with Gasteiger partial charge in [-0.2, -0.15) is 0 Å². The molecule has 0 bridgehead atoms. The van der Waals surface area contributed by atoms with E-state index >= 15 is 0 Å². The molecule has 0 radical (unpaired) electrons. The molecule has 0 aliphatic carbocycles. The van der Waals surface area contributed by atoms with Crippen molar-refractivity contribution in [1.29, 1.82) is 0 Å². The van der Waals surface area contributed by atoms with Crippen molar-refractivity contribution in [2.75, 3.05) is 13.7 Å². The summed E-state index contributed by atoms with van der Waals surface area (Å²) in [6, 6.07) is 5.52. The summed E-state index contributed by atoms with van der Waals surface area (Å²) in [6.45, 7) is 5.52. The molecule has 5 nitrogen and oxygen atoms in total. The summed E-state index contributed by atoms with van der Waals surface area (Å²) >= 11 is 0. The van der Waals surface area contributed by atoms with Gasteiger partial charge in [0.1, 0.15) is 0 Å². The van der Waals surface area contributed by atoms with Gasteiger partial charge in [0.25, 0.3) is 0 Å². The third-order valence-corrected chi connectivity index (χ3v) is 3.57. The average Bonchev–Trinajstić information content (AvgIpc) is 2.36. The molecule has 0 spiro atoms. The van der Waals surface area contributed by atoms with Crippen molar-refractivity contribution in [3.63, 3.8) is 0 Å². The van der Waals surface area contributed by atoms with Crippen LogP contribution in [0.25, 0.3) is 0 Å². The van der Waals surface area contributed by atoms with Crippen LogP contribution in [0, 0.1) is 0 Å². The first-order chi connectivity index (χ1) is 8.36. The van der Waals surface area contributed by atoms with E-state index in [2.05, 4.69) is 16.0 Å². The molecular weight excluding hydrogens is 254 g/mol. The van der Waals surface area contributed by atoms with Gasteiger partial charge in [0, 0.05) is 6.54 Å². The number of rotatable bonds is 5. The Hall–Kier alpha value is -1.66. The second-order valence-corrected chi connectivity index (χ2v) is 5.56. The van der Waals surface area contributed by atoms with Crippen LogP contribution in [0.3, 0.4) is 0 Å². The zero-order chi connectivity index (χ0) is 13.8. The Morgan fingerprint density at radius 3 is 2.33 bits per heavy atom.